The number of likely N-dealkylation sites (tertiary alicyclic amines) is 1. The van der Waals surface area contributed by atoms with E-state index in [0.717, 1.165) is 43.6 Å². The molecule has 0 saturated carbocycles. The highest BCUT2D eigenvalue weighted by Gasteiger charge is 2.26. The van der Waals surface area contributed by atoms with Crippen molar-refractivity contribution < 1.29 is 9.90 Å². The Morgan fingerprint density at radius 2 is 2.00 bits per heavy atom. The zero-order chi connectivity index (χ0) is 16.2. The number of phenols is 1. The monoisotopic (exact) mass is 329 g/mol. The van der Waals surface area contributed by atoms with Crippen molar-refractivity contribution in [3.63, 3.8) is 0 Å². The lowest BCUT2D eigenvalue weighted by molar-refractivity contribution is 0.0811. The lowest BCUT2D eigenvalue weighted by atomic mass is 9.90. The molecule has 0 aromatic heterocycles. The van der Waals surface area contributed by atoms with E-state index in [-0.39, 0.29) is 17.5 Å². The second-order valence-electron chi connectivity index (χ2n) is 6.12. The largest absolute Gasteiger partial charge is 0.508 e. The van der Waals surface area contributed by atoms with Gasteiger partial charge in [0, 0.05) is 29.6 Å². The predicted octanol–water partition coefficient (Wildman–Crippen LogP) is 4.14. The van der Waals surface area contributed by atoms with Gasteiger partial charge in [-0.15, -0.1) is 0 Å². The number of carbonyl (C=O) groups is 1. The van der Waals surface area contributed by atoms with E-state index < -0.39 is 0 Å². The molecule has 3 nitrogen and oxygen atoms in total. The first kappa shape index (κ1) is 16.0. The number of phenolic OH excluding ortho intramolecular Hbond substituents is 1. The molecular weight excluding hydrogens is 310 g/mol. The summed E-state index contributed by atoms with van der Waals surface area (Å²) in [5, 5.41) is 10.2. The highest BCUT2D eigenvalue weighted by molar-refractivity contribution is 6.30. The highest BCUT2D eigenvalue weighted by Crippen LogP contribution is 2.23. The Hall–Kier alpha value is -1.84. The lowest BCUT2D eigenvalue weighted by Crippen LogP contribution is -2.38. The van der Waals surface area contributed by atoms with E-state index in [0.29, 0.717) is 5.02 Å². The van der Waals surface area contributed by atoms with Crippen LogP contribution in [0.2, 0.25) is 5.02 Å². The molecule has 0 bridgehead atoms. The molecule has 1 atom stereocenters. The van der Waals surface area contributed by atoms with Crippen LogP contribution >= 0.6 is 11.6 Å². The molecule has 1 saturated heterocycles. The summed E-state index contributed by atoms with van der Waals surface area (Å²) < 4.78 is 0. The van der Waals surface area contributed by atoms with Crippen LogP contribution in [0.25, 0.3) is 0 Å². The summed E-state index contributed by atoms with van der Waals surface area (Å²) in [6, 6.07) is 14.5. The zero-order valence-electron chi connectivity index (χ0n) is 12.9. The summed E-state index contributed by atoms with van der Waals surface area (Å²) in [6.45, 7) is 2.51. The lowest BCUT2D eigenvalue weighted by Gasteiger charge is -2.32. The molecule has 0 aliphatic carbocycles. The maximum Gasteiger partial charge on any atom is 0.167 e. The Morgan fingerprint density at radius 1 is 1.22 bits per heavy atom. The SMILES string of the molecule is O=C(c1ccc(Cl)cc1)[C@@H]1CCCN(Cc2cccc(O)c2)C1. The normalized spacial score (nSPS) is 18.7. The Bertz CT molecular complexity index is 684. The fraction of sp³-hybridized carbons (Fsp3) is 0.316. The summed E-state index contributed by atoms with van der Waals surface area (Å²) in [4.78, 5) is 14.9. The van der Waals surface area contributed by atoms with Crippen molar-refractivity contribution in [3.8, 4) is 5.75 Å². The van der Waals surface area contributed by atoms with Crippen molar-refractivity contribution in [2.45, 2.75) is 19.4 Å². The highest BCUT2D eigenvalue weighted by atomic mass is 35.5. The molecule has 1 N–H and O–H groups in total. The van der Waals surface area contributed by atoms with Crippen LogP contribution in [-0.4, -0.2) is 28.9 Å². The third-order valence-electron chi connectivity index (χ3n) is 4.32. The smallest absolute Gasteiger partial charge is 0.167 e. The first-order valence-electron chi connectivity index (χ1n) is 7.92. The van der Waals surface area contributed by atoms with E-state index >= 15 is 0 Å². The average Bonchev–Trinajstić information content (AvgIpc) is 2.55. The van der Waals surface area contributed by atoms with E-state index in [4.69, 9.17) is 11.6 Å². The molecule has 1 aliphatic heterocycles. The third kappa shape index (κ3) is 4.12. The number of piperidine rings is 1. The van der Waals surface area contributed by atoms with Gasteiger partial charge < -0.3 is 5.11 Å². The van der Waals surface area contributed by atoms with Crippen LogP contribution in [0.5, 0.6) is 5.75 Å². The molecule has 2 aromatic rings. The molecule has 2 aromatic carbocycles. The van der Waals surface area contributed by atoms with Gasteiger partial charge in [-0.25, -0.2) is 0 Å². The molecule has 1 heterocycles. The van der Waals surface area contributed by atoms with E-state index in [1.807, 2.05) is 12.1 Å². The number of hydrogen-bond acceptors (Lipinski definition) is 3. The molecule has 1 fully saturated rings. The molecule has 1 aliphatic rings. The van der Waals surface area contributed by atoms with Crippen LogP contribution in [0, 0.1) is 5.92 Å². The number of halogens is 1. The van der Waals surface area contributed by atoms with Gasteiger partial charge in [0.05, 0.1) is 0 Å². The van der Waals surface area contributed by atoms with Crippen LogP contribution in [0.1, 0.15) is 28.8 Å². The van der Waals surface area contributed by atoms with Crippen LogP contribution in [-0.2, 0) is 6.54 Å². The predicted molar refractivity (Wildman–Crippen MR) is 91.9 cm³/mol. The topological polar surface area (TPSA) is 40.5 Å². The van der Waals surface area contributed by atoms with Gasteiger partial charge in [0.15, 0.2) is 5.78 Å². The van der Waals surface area contributed by atoms with Gasteiger partial charge in [-0.1, -0.05) is 23.7 Å². The number of benzene rings is 2. The second kappa shape index (κ2) is 7.16. The minimum Gasteiger partial charge on any atom is -0.508 e. The zero-order valence-corrected chi connectivity index (χ0v) is 13.7. The summed E-state index contributed by atoms with van der Waals surface area (Å²) in [5.74, 6) is 0.512. The molecule has 0 unspecified atom stereocenters. The van der Waals surface area contributed by atoms with Crippen LogP contribution < -0.4 is 0 Å². The summed E-state index contributed by atoms with van der Waals surface area (Å²) in [7, 11) is 0. The number of ketones is 1. The van der Waals surface area contributed by atoms with Crippen molar-refractivity contribution in [2.24, 2.45) is 5.92 Å². The fourth-order valence-corrected chi connectivity index (χ4v) is 3.30. The molecular formula is C19H20ClNO2. The number of Topliss-reactive ketones (excluding diaryl/α,β-unsaturated/α-hetero) is 1. The Labute approximate surface area is 141 Å². The van der Waals surface area contributed by atoms with E-state index in [2.05, 4.69) is 4.90 Å². The Balaban J connectivity index is 1.66. The van der Waals surface area contributed by atoms with Crippen molar-refractivity contribution in [1.82, 2.24) is 4.90 Å². The molecule has 0 spiro atoms. The molecule has 120 valence electrons. The van der Waals surface area contributed by atoms with Gasteiger partial charge in [-0.2, -0.15) is 0 Å². The van der Waals surface area contributed by atoms with E-state index in [9.17, 15) is 9.90 Å². The van der Waals surface area contributed by atoms with Gasteiger partial charge in [0.2, 0.25) is 0 Å². The minimum absolute atomic E-state index is 0.0298. The number of hydrogen-bond donors (Lipinski definition) is 1. The summed E-state index contributed by atoms with van der Waals surface area (Å²) >= 11 is 5.89. The van der Waals surface area contributed by atoms with E-state index in [1.54, 1.807) is 36.4 Å². The first-order valence-corrected chi connectivity index (χ1v) is 8.29. The van der Waals surface area contributed by atoms with Crippen LogP contribution in [0.3, 0.4) is 0 Å². The molecule has 3 rings (SSSR count). The maximum atomic E-state index is 12.7. The van der Waals surface area contributed by atoms with Gasteiger partial charge in [-0.05, 0) is 61.3 Å². The van der Waals surface area contributed by atoms with Crippen molar-refractivity contribution in [3.05, 3.63) is 64.7 Å². The van der Waals surface area contributed by atoms with Crippen molar-refractivity contribution in [2.75, 3.05) is 13.1 Å². The van der Waals surface area contributed by atoms with Gasteiger partial charge in [0.25, 0.3) is 0 Å². The summed E-state index contributed by atoms with van der Waals surface area (Å²) in [5.41, 5.74) is 1.81. The maximum absolute atomic E-state index is 12.7. The second-order valence-corrected chi connectivity index (χ2v) is 6.55. The van der Waals surface area contributed by atoms with Crippen molar-refractivity contribution >= 4 is 17.4 Å². The van der Waals surface area contributed by atoms with Crippen molar-refractivity contribution in [1.29, 1.82) is 0 Å². The fourth-order valence-electron chi connectivity index (χ4n) is 3.18. The van der Waals surface area contributed by atoms with E-state index in [1.165, 1.54) is 0 Å². The first-order chi connectivity index (χ1) is 11.1. The minimum atomic E-state index is 0.0298. The molecule has 0 radical (unpaired) electrons. The number of aromatic hydroxyl groups is 1. The van der Waals surface area contributed by atoms with Gasteiger partial charge >= 0.3 is 0 Å². The third-order valence-corrected chi connectivity index (χ3v) is 4.57. The number of nitrogens with zero attached hydrogens (tertiary/aromatic N) is 1. The van der Waals surface area contributed by atoms with Crippen LogP contribution in [0.4, 0.5) is 0 Å². The van der Waals surface area contributed by atoms with Gasteiger partial charge in [-0.3, -0.25) is 9.69 Å². The van der Waals surface area contributed by atoms with Crippen LogP contribution in [0.15, 0.2) is 48.5 Å². The quantitative estimate of drug-likeness (QED) is 0.857. The molecule has 4 heteroatoms. The number of rotatable bonds is 4. The summed E-state index contributed by atoms with van der Waals surface area (Å²) in [6.07, 6.45) is 1.95. The van der Waals surface area contributed by atoms with Gasteiger partial charge in [0.1, 0.15) is 5.75 Å². The average molecular weight is 330 g/mol. The molecule has 23 heavy (non-hydrogen) atoms. The molecule has 0 amide bonds. The number of carbonyl (C=O) groups excluding carboxylic acids is 1. The Kier molecular flexibility index (Phi) is 4.99. The Morgan fingerprint density at radius 3 is 2.74 bits per heavy atom. The standard InChI is InChI=1S/C19H20ClNO2/c20-17-8-6-15(7-9-17)19(23)16-4-2-10-21(13-16)12-14-3-1-5-18(22)11-14/h1,3,5-9,11,16,22H,2,4,10,12-13H2/t16-/m1/s1.